The van der Waals surface area contributed by atoms with Gasteiger partial charge in [-0.2, -0.15) is 0 Å². The van der Waals surface area contributed by atoms with Gasteiger partial charge in [0, 0.05) is 99.2 Å². The number of aromatic nitrogens is 8. The van der Waals surface area contributed by atoms with Gasteiger partial charge in [-0.3, -0.25) is 0 Å². The molecule has 0 fully saturated rings. The summed E-state index contributed by atoms with van der Waals surface area (Å²) in [5, 5.41) is 9.83. The van der Waals surface area contributed by atoms with E-state index in [1.54, 1.807) is 0 Å². The number of hydrogen-bond donors (Lipinski definition) is 0. The van der Waals surface area contributed by atoms with Crippen LogP contribution in [0.3, 0.4) is 0 Å². The summed E-state index contributed by atoms with van der Waals surface area (Å²) in [5.74, 6) is 1.41. The first-order chi connectivity index (χ1) is 61.5. The number of para-hydroxylation sites is 5. The van der Waals surface area contributed by atoms with Gasteiger partial charge in [0.2, 0.25) is 0 Å². The van der Waals surface area contributed by atoms with E-state index in [0.717, 1.165) is 84.3 Å². The van der Waals surface area contributed by atoms with Crippen LogP contribution >= 0.6 is 0 Å². The highest BCUT2D eigenvalue weighted by Gasteiger charge is 2.22. The van der Waals surface area contributed by atoms with Crippen LogP contribution in [0.5, 0.6) is 0 Å². The van der Waals surface area contributed by atoms with Crippen molar-refractivity contribution in [3.05, 3.63) is 461 Å². The largest absolute Gasteiger partial charge is 0.309 e. The first kappa shape index (κ1) is 72.5. The Labute approximate surface area is 716 Å². The molecule has 0 saturated heterocycles. The van der Waals surface area contributed by atoms with E-state index in [1.807, 2.05) is 60.7 Å². The smallest absolute Gasteiger partial charge is 0.160 e. The van der Waals surface area contributed by atoms with E-state index in [4.69, 9.17) is 19.9 Å². The number of rotatable bonds is 14. The Morgan fingerprint density at radius 2 is 0.339 bits per heavy atom. The van der Waals surface area contributed by atoms with E-state index < -0.39 is 0 Å². The fraction of sp³-hybridized carbons (Fsp3) is 0. The number of fused-ring (bicyclic) bond motifs is 12. The standard InChI is InChI=1S/C64H42N4.C52H34N4/c1-5-17-43(18-6-1)50-37-51(44-19-7-2-8-20-44)39-53(38-50)68-61-28-16-14-26-55(61)57-41-49(32-36-63(57)68)48-31-35-62-56(40-48)54-25-13-15-27-60(54)67(62)52-33-29-46(30-34-52)59-42-58(45-21-9-3-10-22-45)65-64(66-59)47-23-11-4-12-24-47;1-4-14-35(15-5-1)46-34-47(36-16-6-2-7-17-36)54-52(53-46)37-24-28-41(29-25-37)56-49-23-13-11-21-43(49)45-33-39(27-31-51(45)56)38-26-30-50-44(32-38)42-20-10-12-22-48(42)55(50)40-18-8-3-9-19-40/h1-42H;1-34H. The molecule has 124 heavy (non-hydrogen) atoms. The Bertz CT molecular complexity index is 7990. The fourth-order valence-corrected chi connectivity index (χ4v) is 18.3. The minimum Gasteiger partial charge on any atom is -0.309 e. The van der Waals surface area contributed by atoms with Crippen LogP contribution in [0.4, 0.5) is 0 Å². The van der Waals surface area contributed by atoms with Gasteiger partial charge in [0.25, 0.3) is 0 Å². The predicted molar refractivity (Wildman–Crippen MR) is 516 cm³/mol. The van der Waals surface area contributed by atoms with Crippen LogP contribution in [-0.4, -0.2) is 38.2 Å². The van der Waals surface area contributed by atoms with Gasteiger partial charge in [0.1, 0.15) is 0 Å². The van der Waals surface area contributed by atoms with Gasteiger partial charge in [-0.25, -0.2) is 19.9 Å². The van der Waals surface area contributed by atoms with E-state index in [2.05, 4.69) is 419 Å². The summed E-state index contributed by atoms with van der Waals surface area (Å²) >= 11 is 0. The molecule has 0 unspecified atom stereocenters. The van der Waals surface area contributed by atoms with E-state index in [-0.39, 0.29) is 0 Å². The molecule has 0 aliphatic carbocycles. The first-order valence-corrected chi connectivity index (χ1v) is 42.1. The van der Waals surface area contributed by atoms with E-state index in [1.165, 1.54) is 126 Å². The summed E-state index contributed by atoms with van der Waals surface area (Å²) in [6.45, 7) is 0. The lowest BCUT2D eigenvalue weighted by molar-refractivity contribution is 1.16. The summed E-state index contributed by atoms with van der Waals surface area (Å²) in [5.41, 5.74) is 33.2. The molecule has 0 spiro atoms. The zero-order chi connectivity index (χ0) is 82.0. The highest BCUT2D eigenvalue weighted by atomic mass is 15.0. The quantitative estimate of drug-likeness (QED) is 0.109. The van der Waals surface area contributed by atoms with Crippen molar-refractivity contribution in [3.63, 3.8) is 0 Å². The molecule has 24 rings (SSSR count). The van der Waals surface area contributed by atoms with Gasteiger partial charge in [0.05, 0.1) is 66.9 Å². The maximum atomic E-state index is 5.09. The minimum atomic E-state index is 0.701. The molecular weight excluding hydrogens is 1510 g/mol. The molecule has 6 aromatic heterocycles. The second kappa shape index (κ2) is 30.9. The highest BCUT2D eigenvalue weighted by molar-refractivity contribution is 6.15. The lowest BCUT2D eigenvalue weighted by Crippen LogP contribution is -1.97. The molecule has 0 N–H and O–H groups in total. The van der Waals surface area contributed by atoms with Crippen molar-refractivity contribution in [1.29, 1.82) is 0 Å². The normalized spacial score (nSPS) is 11.5. The number of nitrogens with zero attached hydrogens (tertiary/aromatic N) is 8. The molecule has 0 aliphatic rings. The van der Waals surface area contributed by atoms with E-state index in [9.17, 15) is 0 Å². The van der Waals surface area contributed by atoms with E-state index in [0.29, 0.717) is 11.6 Å². The molecule has 0 aliphatic heterocycles. The average molecular weight is 1580 g/mol. The minimum absolute atomic E-state index is 0.701. The summed E-state index contributed by atoms with van der Waals surface area (Å²) in [6.07, 6.45) is 0. The van der Waals surface area contributed by atoms with Crippen LogP contribution in [0.15, 0.2) is 461 Å². The van der Waals surface area contributed by atoms with Crippen LogP contribution in [0.25, 0.3) is 222 Å². The Balaban J connectivity index is 0.000000146. The third kappa shape index (κ3) is 13.1. The molecule has 0 atom stereocenters. The SMILES string of the molecule is c1ccc(-c2cc(-c3ccccc3)cc(-n3c4ccccc4c4cc(-c5ccc6c(c5)c5ccccc5n6-c5ccc(-c6cc(-c7ccccc7)nc(-c7ccccc7)n6)cc5)ccc43)c2)cc1.c1ccc(-c2cc(-c3ccccc3)nc(-c3ccc(-n4c5ccccc5c5cc(-c6ccc7c(c6)c6ccccc6n7-c6ccccc6)ccc54)cc3)n2)cc1. The van der Waals surface area contributed by atoms with Crippen LogP contribution in [-0.2, 0) is 0 Å². The molecule has 8 heteroatoms. The van der Waals surface area contributed by atoms with Crippen molar-refractivity contribution in [2.24, 2.45) is 0 Å². The van der Waals surface area contributed by atoms with Gasteiger partial charge in [-0.15, -0.1) is 0 Å². The molecule has 18 aromatic carbocycles. The van der Waals surface area contributed by atoms with Crippen LogP contribution < -0.4 is 0 Å². The van der Waals surface area contributed by atoms with Gasteiger partial charge in [0.15, 0.2) is 11.6 Å². The maximum absolute atomic E-state index is 5.09. The molecular formula is C116H76N8. The summed E-state index contributed by atoms with van der Waals surface area (Å²) in [6, 6.07) is 164. The second-order valence-corrected chi connectivity index (χ2v) is 31.7. The van der Waals surface area contributed by atoms with Crippen LogP contribution in [0.1, 0.15) is 0 Å². The predicted octanol–water partition coefficient (Wildman–Crippen LogP) is 30.0. The Hall–Kier alpha value is -16.7. The van der Waals surface area contributed by atoms with Crippen molar-refractivity contribution in [2.45, 2.75) is 0 Å². The van der Waals surface area contributed by atoms with Gasteiger partial charge >= 0.3 is 0 Å². The molecule has 0 saturated carbocycles. The van der Waals surface area contributed by atoms with Crippen molar-refractivity contribution < 1.29 is 0 Å². The Morgan fingerprint density at radius 1 is 0.121 bits per heavy atom. The topological polar surface area (TPSA) is 71.3 Å². The molecule has 6 heterocycles. The average Bonchev–Trinajstić information content (AvgIpc) is 1.58. The molecule has 8 nitrogen and oxygen atoms in total. The van der Waals surface area contributed by atoms with Crippen LogP contribution in [0, 0.1) is 0 Å². The van der Waals surface area contributed by atoms with Crippen molar-refractivity contribution in [1.82, 2.24) is 38.2 Å². The maximum Gasteiger partial charge on any atom is 0.160 e. The van der Waals surface area contributed by atoms with Crippen LogP contribution in [0.2, 0.25) is 0 Å². The summed E-state index contributed by atoms with van der Waals surface area (Å²) in [7, 11) is 0. The third-order valence-corrected chi connectivity index (χ3v) is 24.3. The Morgan fingerprint density at radius 3 is 0.653 bits per heavy atom. The molecule has 0 bridgehead atoms. The highest BCUT2D eigenvalue weighted by Crippen LogP contribution is 2.44. The molecule has 580 valence electrons. The molecule has 0 amide bonds. The zero-order valence-corrected chi connectivity index (χ0v) is 67.5. The van der Waals surface area contributed by atoms with Crippen molar-refractivity contribution in [2.75, 3.05) is 0 Å². The summed E-state index contributed by atoms with van der Waals surface area (Å²) < 4.78 is 9.55. The monoisotopic (exact) mass is 1580 g/mol. The van der Waals surface area contributed by atoms with E-state index >= 15 is 0 Å². The van der Waals surface area contributed by atoms with Crippen molar-refractivity contribution in [3.8, 4) is 135 Å². The third-order valence-electron chi connectivity index (χ3n) is 24.3. The van der Waals surface area contributed by atoms with Gasteiger partial charge < -0.3 is 18.3 Å². The van der Waals surface area contributed by atoms with Crippen molar-refractivity contribution >= 4 is 87.2 Å². The Kier molecular flexibility index (Phi) is 18.1. The van der Waals surface area contributed by atoms with Gasteiger partial charge in [-0.1, -0.05) is 309 Å². The first-order valence-electron chi connectivity index (χ1n) is 42.1. The second-order valence-electron chi connectivity index (χ2n) is 31.7. The number of hydrogen-bond acceptors (Lipinski definition) is 4. The zero-order valence-electron chi connectivity index (χ0n) is 67.5. The summed E-state index contributed by atoms with van der Waals surface area (Å²) in [4.78, 5) is 20.2. The fourth-order valence-electron chi connectivity index (χ4n) is 18.3. The molecule has 0 radical (unpaired) electrons. The van der Waals surface area contributed by atoms with Gasteiger partial charge in [-0.05, 0) is 196 Å². The number of benzene rings is 18. The lowest BCUT2D eigenvalue weighted by Gasteiger charge is -2.14. The lowest BCUT2D eigenvalue weighted by atomic mass is 9.98. The molecule has 24 aromatic rings.